The van der Waals surface area contributed by atoms with E-state index in [1.54, 1.807) is 13.3 Å². The van der Waals surface area contributed by atoms with E-state index in [9.17, 15) is 0 Å². The summed E-state index contributed by atoms with van der Waals surface area (Å²) < 4.78 is 10.1. The van der Waals surface area contributed by atoms with Gasteiger partial charge in [-0.05, 0) is 24.2 Å². The van der Waals surface area contributed by atoms with Crippen LogP contribution >= 0.6 is 12.0 Å². The molecule has 0 atom stereocenters. The smallest absolute Gasteiger partial charge is 0.137 e. The van der Waals surface area contributed by atoms with Gasteiger partial charge in [0.15, 0.2) is 0 Å². The number of aromatic nitrogens is 1. The minimum absolute atomic E-state index is 0.533. The fraction of sp³-hybridized carbons (Fsp3) is 0.375. The summed E-state index contributed by atoms with van der Waals surface area (Å²) in [5.41, 5.74) is 0.908. The lowest BCUT2D eigenvalue weighted by Crippen LogP contribution is -1.91. The molecule has 1 heterocycles. The van der Waals surface area contributed by atoms with E-state index in [0.29, 0.717) is 6.61 Å². The summed E-state index contributed by atoms with van der Waals surface area (Å²) in [4.78, 5) is 4.12. The molecule has 0 saturated carbocycles. The lowest BCUT2D eigenvalue weighted by atomic mass is 10.3. The largest absolute Gasteiger partial charge is 0.495 e. The Bertz CT molecular complexity index is 225. The maximum absolute atomic E-state index is 5.11. The van der Waals surface area contributed by atoms with Gasteiger partial charge in [-0.1, -0.05) is 0 Å². The van der Waals surface area contributed by atoms with E-state index >= 15 is 0 Å². The number of hydrogen-bond acceptors (Lipinski definition) is 4. The number of ether oxygens (including phenoxy) is 1. The molecule has 0 saturated heterocycles. The third-order valence-corrected chi connectivity index (χ3v) is 1.71. The van der Waals surface area contributed by atoms with Crippen LogP contribution in [0.4, 0.5) is 0 Å². The molecule has 4 heteroatoms. The summed E-state index contributed by atoms with van der Waals surface area (Å²) >= 11 is 1.34. The molecule has 3 nitrogen and oxygen atoms in total. The van der Waals surface area contributed by atoms with Crippen molar-refractivity contribution in [3.63, 3.8) is 0 Å². The van der Waals surface area contributed by atoms with Crippen molar-refractivity contribution in [3.05, 3.63) is 24.0 Å². The van der Waals surface area contributed by atoms with Crippen molar-refractivity contribution in [2.75, 3.05) is 13.4 Å². The first-order chi connectivity index (χ1) is 5.86. The van der Waals surface area contributed by atoms with Crippen molar-refractivity contribution >= 4 is 12.0 Å². The summed E-state index contributed by atoms with van der Waals surface area (Å²) in [6.45, 7) is 0.533. The number of pyridine rings is 1. The van der Waals surface area contributed by atoms with Crippen LogP contribution in [0.1, 0.15) is 5.69 Å². The summed E-state index contributed by atoms with van der Waals surface area (Å²) in [7, 11) is 1.62. The van der Waals surface area contributed by atoms with E-state index < -0.39 is 0 Å². The predicted molar refractivity (Wildman–Crippen MR) is 49.1 cm³/mol. The second-order valence-electron chi connectivity index (χ2n) is 2.12. The third kappa shape index (κ3) is 2.71. The van der Waals surface area contributed by atoms with Crippen LogP contribution in [0.5, 0.6) is 5.75 Å². The van der Waals surface area contributed by atoms with E-state index in [4.69, 9.17) is 8.92 Å². The molecule has 0 fully saturated rings. The van der Waals surface area contributed by atoms with Crippen molar-refractivity contribution < 1.29 is 8.92 Å². The Hall–Kier alpha value is -0.740. The quantitative estimate of drug-likeness (QED) is 0.670. The molecule has 0 N–H and O–H groups in total. The highest BCUT2D eigenvalue weighted by molar-refractivity contribution is 7.93. The number of nitrogens with zero attached hydrogens (tertiary/aromatic N) is 1. The van der Waals surface area contributed by atoms with Gasteiger partial charge in [0.1, 0.15) is 12.4 Å². The monoisotopic (exact) mass is 185 g/mol. The first kappa shape index (κ1) is 9.35. The Morgan fingerprint density at radius 1 is 1.50 bits per heavy atom. The van der Waals surface area contributed by atoms with Crippen LogP contribution in [0.15, 0.2) is 18.3 Å². The maximum Gasteiger partial charge on any atom is 0.137 e. The molecule has 0 radical (unpaired) electrons. The van der Waals surface area contributed by atoms with Gasteiger partial charge in [-0.25, -0.2) is 0 Å². The Morgan fingerprint density at radius 2 is 2.33 bits per heavy atom. The van der Waals surface area contributed by atoms with Crippen molar-refractivity contribution in [2.24, 2.45) is 0 Å². The second-order valence-corrected chi connectivity index (χ2v) is 2.69. The van der Waals surface area contributed by atoms with Crippen LogP contribution in [0, 0.1) is 0 Å². The van der Waals surface area contributed by atoms with Gasteiger partial charge >= 0.3 is 0 Å². The minimum Gasteiger partial charge on any atom is -0.495 e. The summed E-state index contributed by atoms with van der Waals surface area (Å²) in [6, 6.07) is 3.75. The number of rotatable bonds is 4. The topological polar surface area (TPSA) is 31.4 Å². The first-order valence-electron chi connectivity index (χ1n) is 3.51. The molecule has 0 aliphatic rings. The van der Waals surface area contributed by atoms with Gasteiger partial charge in [0.2, 0.25) is 0 Å². The Balaban J connectivity index is 2.53. The van der Waals surface area contributed by atoms with Crippen molar-refractivity contribution in [1.82, 2.24) is 4.98 Å². The Kier molecular flexibility index (Phi) is 3.90. The second kappa shape index (κ2) is 5.00. The standard InChI is InChI=1S/C8H11NO2S/c1-10-8-4-3-7(9-5-8)6-11-12-2/h3-5H,6H2,1-2H3. The molecule has 0 bridgehead atoms. The van der Waals surface area contributed by atoms with E-state index in [1.165, 1.54) is 12.0 Å². The third-order valence-electron chi connectivity index (χ3n) is 1.36. The zero-order valence-electron chi connectivity index (χ0n) is 7.11. The highest BCUT2D eigenvalue weighted by atomic mass is 32.2. The van der Waals surface area contributed by atoms with Gasteiger partial charge in [-0.2, -0.15) is 0 Å². The molecule has 12 heavy (non-hydrogen) atoms. The molecule has 0 aromatic carbocycles. The zero-order chi connectivity index (χ0) is 8.81. The molecule has 0 amide bonds. The normalized spacial score (nSPS) is 9.83. The lowest BCUT2D eigenvalue weighted by molar-refractivity contribution is 0.358. The van der Waals surface area contributed by atoms with Crippen LogP contribution < -0.4 is 4.74 Å². The van der Waals surface area contributed by atoms with E-state index in [1.807, 2.05) is 18.4 Å². The zero-order valence-corrected chi connectivity index (χ0v) is 7.93. The summed E-state index contributed by atoms with van der Waals surface area (Å²) in [5.74, 6) is 0.767. The van der Waals surface area contributed by atoms with Crippen molar-refractivity contribution in [1.29, 1.82) is 0 Å². The van der Waals surface area contributed by atoms with Gasteiger partial charge < -0.3 is 8.92 Å². The van der Waals surface area contributed by atoms with Gasteiger partial charge in [-0.15, -0.1) is 0 Å². The predicted octanol–water partition coefficient (Wildman–Crippen LogP) is 1.88. The average Bonchev–Trinajstić information content (AvgIpc) is 2.15. The average molecular weight is 185 g/mol. The van der Waals surface area contributed by atoms with Crippen molar-refractivity contribution in [3.8, 4) is 5.75 Å². The molecule has 0 unspecified atom stereocenters. The highest BCUT2D eigenvalue weighted by Crippen LogP contribution is 2.09. The van der Waals surface area contributed by atoms with Gasteiger partial charge in [0.25, 0.3) is 0 Å². The van der Waals surface area contributed by atoms with E-state index in [0.717, 1.165) is 11.4 Å². The number of methoxy groups -OCH3 is 1. The molecular weight excluding hydrogens is 174 g/mol. The molecule has 1 aromatic heterocycles. The van der Waals surface area contributed by atoms with Crippen LogP contribution in [-0.4, -0.2) is 18.3 Å². The molecule has 1 aromatic rings. The molecule has 66 valence electrons. The fourth-order valence-corrected chi connectivity index (χ4v) is 0.975. The van der Waals surface area contributed by atoms with Crippen LogP contribution in [0.2, 0.25) is 0 Å². The Morgan fingerprint density at radius 3 is 2.83 bits per heavy atom. The summed E-state index contributed by atoms with van der Waals surface area (Å²) in [5, 5.41) is 0. The lowest BCUT2D eigenvalue weighted by Gasteiger charge is -2.01. The molecule has 1 rings (SSSR count). The molecule has 0 spiro atoms. The first-order valence-corrected chi connectivity index (χ1v) is 4.66. The fourth-order valence-electron chi connectivity index (χ4n) is 0.736. The van der Waals surface area contributed by atoms with Crippen LogP contribution in [0.3, 0.4) is 0 Å². The van der Waals surface area contributed by atoms with Crippen LogP contribution in [0.25, 0.3) is 0 Å². The van der Waals surface area contributed by atoms with Gasteiger partial charge in [0.05, 0.1) is 19.0 Å². The highest BCUT2D eigenvalue weighted by Gasteiger charge is 1.94. The maximum atomic E-state index is 5.11. The van der Waals surface area contributed by atoms with Crippen LogP contribution in [-0.2, 0) is 10.8 Å². The van der Waals surface area contributed by atoms with Gasteiger partial charge in [-0.3, -0.25) is 4.98 Å². The Labute approximate surface area is 76.3 Å². The summed E-state index contributed by atoms with van der Waals surface area (Å²) in [6.07, 6.45) is 3.56. The minimum atomic E-state index is 0.533. The SMILES string of the molecule is COc1ccc(COSC)nc1. The van der Waals surface area contributed by atoms with Gasteiger partial charge in [0, 0.05) is 6.26 Å². The molecular formula is C8H11NO2S. The van der Waals surface area contributed by atoms with E-state index in [-0.39, 0.29) is 0 Å². The van der Waals surface area contributed by atoms with E-state index in [2.05, 4.69) is 4.98 Å². The number of hydrogen-bond donors (Lipinski definition) is 0. The molecule has 0 aliphatic carbocycles. The molecule has 0 aliphatic heterocycles. The van der Waals surface area contributed by atoms with Crippen molar-refractivity contribution in [2.45, 2.75) is 6.61 Å².